The monoisotopic (exact) mass is 561 g/mol. The molecule has 2 aromatic rings. The van der Waals surface area contributed by atoms with Crippen LogP contribution in [0.2, 0.25) is 0 Å². The van der Waals surface area contributed by atoms with Crippen LogP contribution in [0.15, 0.2) is 53.4 Å². The number of ether oxygens (including phenoxy) is 1. The average Bonchev–Trinajstić information content (AvgIpc) is 3.39. The van der Waals surface area contributed by atoms with Crippen LogP contribution in [0.4, 0.5) is 5.69 Å². The summed E-state index contributed by atoms with van der Waals surface area (Å²) in [6.45, 7) is 1.39. The Labute approximate surface area is 226 Å². The number of hydrogen-bond acceptors (Lipinski definition) is 10. The normalized spacial score (nSPS) is 17.0. The lowest BCUT2D eigenvalue weighted by Gasteiger charge is -2.21. The molecule has 1 heterocycles. The second-order valence-electron chi connectivity index (χ2n) is 8.98. The molecule has 0 aliphatic carbocycles. The Balaban J connectivity index is 1.51. The number of carbonyl (C=O) groups is 4. The van der Waals surface area contributed by atoms with E-state index in [-0.39, 0.29) is 48.6 Å². The predicted octanol–water partition coefficient (Wildman–Crippen LogP) is 1.90. The molecule has 1 aliphatic rings. The topological polar surface area (TPSA) is 139 Å². The molecule has 1 amide bonds. The molecule has 1 aliphatic heterocycles. The minimum atomic E-state index is -3.60. The molecule has 0 saturated carbocycles. The number of methoxy groups -OCH3 is 1. The Hall–Kier alpha value is -3.22. The molecule has 2 aromatic carbocycles. The van der Waals surface area contributed by atoms with Gasteiger partial charge >= 0.3 is 5.97 Å². The second kappa shape index (κ2) is 13.0. The van der Waals surface area contributed by atoms with Gasteiger partial charge in [-0.3, -0.25) is 14.4 Å². The highest BCUT2D eigenvalue weighted by molar-refractivity contribution is 8.13. The number of benzene rings is 2. The number of hydrogen-bond donors (Lipinski definition) is 2. The molecule has 204 valence electrons. The highest BCUT2D eigenvalue weighted by atomic mass is 32.2. The van der Waals surface area contributed by atoms with Gasteiger partial charge in [-0.05, 0) is 42.3 Å². The molecule has 0 bridgehead atoms. The van der Waals surface area contributed by atoms with E-state index in [9.17, 15) is 27.6 Å². The summed E-state index contributed by atoms with van der Waals surface area (Å²) >= 11 is 0.993. The fourth-order valence-corrected chi connectivity index (χ4v) is 6.66. The zero-order valence-corrected chi connectivity index (χ0v) is 23.1. The summed E-state index contributed by atoms with van der Waals surface area (Å²) in [6, 6.07) is 12.6. The number of likely N-dealkylation sites (N-methyl/N-ethyl adjacent to an activating group) is 1. The van der Waals surface area contributed by atoms with Crippen LogP contribution < -0.4 is 10.6 Å². The second-order valence-corrected chi connectivity index (χ2v) is 12.5. The lowest BCUT2D eigenvalue weighted by atomic mass is 10.2. The molecule has 2 unspecified atom stereocenters. The van der Waals surface area contributed by atoms with Crippen molar-refractivity contribution in [2.45, 2.75) is 35.3 Å². The van der Waals surface area contributed by atoms with Gasteiger partial charge in [-0.15, -0.1) is 0 Å². The third kappa shape index (κ3) is 7.89. The van der Waals surface area contributed by atoms with Crippen molar-refractivity contribution >= 4 is 50.1 Å². The van der Waals surface area contributed by atoms with Gasteiger partial charge in [-0.25, -0.2) is 13.2 Å². The van der Waals surface area contributed by atoms with E-state index >= 15 is 0 Å². The Kier molecular flexibility index (Phi) is 10.1. The van der Waals surface area contributed by atoms with Crippen LogP contribution in [0.25, 0.3) is 0 Å². The predicted molar refractivity (Wildman–Crippen MR) is 145 cm³/mol. The maximum atomic E-state index is 13.1. The Morgan fingerprint density at radius 2 is 1.79 bits per heavy atom. The summed E-state index contributed by atoms with van der Waals surface area (Å²) in [5.74, 6) is -1.28. The molecular formula is C26H31N3O7S2. The number of esters is 1. The van der Waals surface area contributed by atoms with Crippen molar-refractivity contribution in [1.29, 1.82) is 0 Å². The Morgan fingerprint density at radius 3 is 2.45 bits per heavy atom. The van der Waals surface area contributed by atoms with Crippen molar-refractivity contribution in [1.82, 2.24) is 10.2 Å². The van der Waals surface area contributed by atoms with E-state index in [1.807, 2.05) is 0 Å². The summed E-state index contributed by atoms with van der Waals surface area (Å²) in [6.07, 6.45) is 0.104. The number of thioether (sulfide) groups is 1. The van der Waals surface area contributed by atoms with Gasteiger partial charge in [0.05, 0.1) is 42.8 Å². The van der Waals surface area contributed by atoms with Gasteiger partial charge in [-0.1, -0.05) is 30.0 Å². The number of ketones is 1. The Bertz CT molecular complexity index is 1300. The number of Topliss-reactive ketones (excluding diaryl/α,β-unsaturated/α-hetero) is 1. The van der Waals surface area contributed by atoms with Crippen LogP contribution >= 0.6 is 11.8 Å². The molecule has 12 heteroatoms. The number of rotatable bonds is 11. The van der Waals surface area contributed by atoms with Crippen molar-refractivity contribution in [2.24, 2.45) is 0 Å². The molecule has 38 heavy (non-hydrogen) atoms. The molecule has 0 radical (unpaired) electrons. The van der Waals surface area contributed by atoms with Crippen molar-refractivity contribution < 1.29 is 32.3 Å². The molecule has 3 rings (SSSR count). The van der Waals surface area contributed by atoms with Crippen LogP contribution in [0.5, 0.6) is 0 Å². The molecule has 2 atom stereocenters. The highest BCUT2D eigenvalue weighted by Gasteiger charge is 2.38. The highest BCUT2D eigenvalue weighted by Crippen LogP contribution is 2.27. The summed E-state index contributed by atoms with van der Waals surface area (Å²) in [5.41, 5.74) is 1.57. The van der Waals surface area contributed by atoms with Gasteiger partial charge < -0.3 is 20.3 Å². The first-order valence-electron chi connectivity index (χ1n) is 11.9. The summed E-state index contributed by atoms with van der Waals surface area (Å²) in [5, 5.41) is 5.04. The number of anilines is 1. The van der Waals surface area contributed by atoms with Gasteiger partial charge in [0.25, 0.3) is 0 Å². The minimum absolute atomic E-state index is 0.0258. The average molecular weight is 562 g/mol. The SMILES string of the molecule is COC(=O)c1ccc(NCC(=O)CN(C)C(=O)C2CC(S(=O)(=O)Cc3ccccc3SC(C)=O)CN2)cc1. The first kappa shape index (κ1) is 29.3. The molecule has 1 fully saturated rings. The molecule has 0 aromatic heterocycles. The van der Waals surface area contributed by atoms with E-state index in [1.165, 1.54) is 26.0 Å². The number of carbonyl (C=O) groups excluding carboxylic acids is 4. The van der Waals surface area contributed by atoms with E-state index in [0.29, 0.717) is 21.7 Å². The van der Waals surface area contributed by atoms with Gasteiger partial charge in [0, 0.05) is 31.1 Å². The third-order valence-corrected chi connectivity index (χ3v) is 9.06. The number of nitrogens with one attached hydrogen (secondary N) is 2. The van der Waals surface area contributed by atoms with Crippen molar-refractivity contribution in [3.05, 3.63) is 59.7 Å². The number of amides is 1. The largest absolute Gasteiger partial charge is 0.465 e. The van der Waals surface area contributed by atoms with Crippen LogP contribution in [-0.2, 0) is 34.7 Å². The molecule has 1 saturated heterocycles. The quantitative estimate of drug-likeness (QED) is 0.309. The van der Waals surface area contributed by atoms with Gasteiger partial charge in [0.2, 0.25) is 5.91 Å². The summed E-state index contributed by atoms with van der Waals surface area (Å²) in [7, 11) is -0.802. The van der Waals surface area contributed by atoms with E-state index in [4.69, 9.17) is 0 Å². The van der Waals surface area contributed by atoms with E-state index in [2.05, 4.69) is 15.4 Å². The fraction of sp³-hybridized carbons (Fsp3) is 0.385. The van der Waals surface area contributed by atoms with Crippen molar-refractivity contribution in [3.63, 3.8) is 0 Å². The zero-order valence-electron chi connectivity index (χ0n) is 21.4. The van der Waals surface area contributed by atoms with Crippen molar-refractivity contribution in [3.8, 4) is 0 Å². The minimum Gasteiger partial charge on any atom is -0.465 e. The lowest BCUT2D eigenvalue weighted by molar-refractivity contribution is -0.135. The van der Waals surface area contributed by atoms with Gasteiger partial charge in [0.1, 0.15) is 0 Å². The molecule has 0 spiro atoms. The maximum Gasteiger partial charge on any atom is 0.337 e. The van der Waals surface area contributed by atoms with E-state index in [1.54, 1.807) is 48.5 Å². The number of sulfone groups is 1. The van der Waals surface area contributed by atoms with Crippen LogP contribution in [0.1, 0.15) is 29.3 Å². The van der Waals surface area contributed by atoms with Gasteiger partial charge in [-0.2, -0.15) is 0 Å². The first-order chi connectivity index (χ1) is 18.0. The first-order valence-corrected chi connectivity index (χ1v) is 14.4. The van der Waals surface area contributed by atoms with Crippen LogP contribution in [0.3, 0.4) is 0 Å². The van der Waals surface area contributed by atoms with E-state index in [0.717, 1.165) is 11.8 Å². The molecular weight excluding hydrogens is 530 g/mol. The Morgan fingerprint density at radius 1 is 1.11 bits per heavy atom. The van der Waals surface area contributed by atoms with Crippen molar-refractivity contribution in [2.75, 3.05) is 39.1 Å². The zero-order chi connectivity index (χ0) is 27.9. The molecule has 2 N–H and O–H groups in total. The van der Waals surface area contributed by atoms with E-state index < -0.39 is 27.1 Å². The standard InChI is InChI=1S/C26H31N3O7S2/c1-17(30)37-24-7-5-4-6-19(24)16-38(34,35)22-12-23(28-14-22)25(32)29(2)15-21(31)13-27-20-10-8-18(9-11-20)26(33)36-3/h4-11,22-23,27-28H,12-16H2,1-3H3. The van der Waals surface area contributed by atoms with Crippen LogP contribution in [0, 0.1) is 0 Å². The number of nitrogens with zero attached hydrogens (tertiary/aromatic N) is 1. The van der Waals surface area contributed by atoms with Gasteiger partial charge in [0.15, 0.2) is 20.7 Å². The van der Waals surface area contributed by atoms with Crippen LogP contribution in [-0.4, -0.2) is 81.2 Å². The summed E-state index contributed by atoms with van der Waals surface area (Å²) in [4.78, 5) is 50.3. The lowest BCUT2D eigenvalue weighted by Crippen LogP contribution is -2.44. The smallest absolute Gasteiger partial charge is 0.337 e. The third-order valence-electron chi connectivity index (χ3n) is 6.06. The fourth-order valence-electron chi connectivity index (χ4n) is 4.08. The summed E-state index contributed by atoms with van der Waals surface area (Å²) < 4.78 is 30.9. The molecule has 10 nitrogen and oxygen atoms in total. The maximum absolute atomic E-state index is 13.1.